The van der Waals surface area contributed by atoms with E-state index in [0.29, 0.717) is 18.5 Å². The Bertz CT molecular complexity index is 1080. The molecule has 1 N–H and O–H groups in total. The van der Waals surface area contributed by atoms with Crippen molar-refractivity contribution in [3.63, 3.8) is 0 Å². The highest BCUT2D eigenvalue weighted by Gasteiger charge is 2.46. The maximum absolute atomic E-state index is 9.65. The van der Waals surface area contributed by atoms with Gasteiger partial charge in [0, 0.05) is 43.2 Å². The maximum Gasteiger partial charge on any atom is 0.115 e. The van der Waals surface area contributed by atoms with Crippen LogP contribution in [0, 0.1) is 11.8 Å². The van der Waals surface area contributed by atoms with Crippen molar-refractivity contribution in [1.29, 1.82) is 0 Å². The number of fused-ring (bicyclic) bond motifs is 5. The number of benzene rings is 1. The number of nitrogens with zero attached hydrogens (tertiary/aromatic N) is 4. The molecule has 4 heterocycles. The van der Waals surface area contributed by atoms with Gasteiger partial charge in [-0.3, -0.25) is 9.80 Å². The molecule has 0 amide bonds. The van der Waals surface area contributed by atoms with Gasteiger partial charge in [-0.15, -0.1) is 0 Å². The lowest BCUT2D eigenvalue weighted by Crippen LogP contribution is -2.58. The maximum atomic E-state index is 9.65. The molecule has 3 aliphatic heterocycles. The molecular formula is C31H44N4O. The Hall–Kier alpha value is -1.85. The fourth-order valence-electron chi connectivity index (χ4n) is 9.16. The Morgan fingerprint density at radius 1 is 0.833 bits per heavy atom. The summed E-state index contributed by atoms with van der Waals surface area (Å²) in [7, 11) is 0. The van der Waals surface area contributed by atoms with E-state index >= 15 is 0 Å². The smallest absolute Gasteiger partial charge is 0.115 e. The second-order valence-corrected chi connectivity index (χ2v) is 13.0. The van der Waals surface area contributed by atoms with Crippen molar-refractivity contribution in [3.8, 4) is 0 Å². The van der Waals surface area contributed by atoms with Crippen LogP contribution in [0.25, 0.3) is 11.0 Å². The zero-order valence-electron chi connectivity index (χ0n) is 21.9. The van der Waals surface area contributed by atoms with Gasteiger partial charge < -0.3 is 9.67 Å². The van der Waals surface area contributed by atoms with Gasteiger partial charge >= 0.3 is 0 Å². The predicted octanol–water partition coefficient (Wildman–Crippen LogP) is 6.42. The molecule has 1 aromatic carbocycles. The van der Waals surface area contributed by atoms with E-state index in [1.165, 1.54) is 88.4 Å². The Morgan fingerprint density at radius 2 is 1.53 bits per heavy atom. The van der Waals surface area contributed by atoms with Crippen LogP contribution in [0.5, 0.6) is 0 Å². The van der Waals surface area contributed by atoms with Crippen molar-refractivity contribution >= 4 is 11.0 Å². The first kappa shape index (κ1) is 23.3. The normalized spacial score (nSPS) is 35.9. The summed E-state index contributed by atoms with van der Waals surface area (Å²) >= 11 is 0. The molecule has 0 spiro atoms. The van der Waals surface area contributed by atoms with Crippen LogP contribution >= 0.6 is 0 Å². The summed E-state index contributed by atoms with van der Waals surface area (Å²) in [6, 6.07) is 11.7. The molecule has 5 nitrogen and oxygen atoms in total. The van der Waals surface area contributed by atoms with Crippen LogP contribution in [0.1, 0.15) is 94.8 Å². The summed E-state index contributed by atoms with van der Waals surface area (Å²) in [5, 5.41) is 9.65. The highest BCUT2D eigenvalue weighted by molar-refractivity contribution is 5.76. The van der Waals surface area contributed by atoms with Crippen molar-refractivity contribution in [2.45, 2.75) is 107 Å². The zero-order valence-corrected chi connectivity index (χ0v) is 21.9. The average molecular weight is 489 g/mol. The molecular weight excluding hydrogens is 444 g/mol. The Balaban J connectivity index is 1.15. The van der Waals surface area contributed by atoms with Crippen LogP contribution < -0.4 is 0 Å². The van der Waals surface area contributed by atoms with E-state index in [0.717, 1.165) is 48.6 Å². The zero-order chi connectivity index (χ0) is 24.2. The van der Waals surface area contributed by atoms with Crippen molar-refractivity contribution in [2.24, 2.45) is 11.8 Å². The van der Waals surface area contributed by atoms with Gasteiger partial charge in [-0.05, 0) is 68.9 Å². The minimum atomic E-state index is 0.268. The van der Waals surface area contributed by atoms with Crippen LogP contribution in [-0.2, 0) is 0 Å². The average Bonchev–Trinajstić information content (AvgIpc) is 3.12. The lowest BCUT2D eigenvalue weighted by Gasteiger charge is -2.55. The topological polar surface area (TPSA) is 44.5 Å². The largest absolute Gasteiger partial charge is 0.512 e. The van der Waals surface area contributed by atoms with Gasteiger partial charge in [0.1, 0.15) is 5.82 Å². The first-order chi connectivity index (χ1) is 17.6. The molecule has 2 aromatic rings. The van der Waals surface area contributed by atoms with Gasteiger partial charge in [0.25, 0.3) is 0 Å². The SMILES string of the molecule is C=C(O)CN1CC(c2nc3ccccc3n2C2C[C@H]3CCC[C@@H](C2)N3C2C[C@H]3CCCC[C@@H](C2)C3)C1. The third kappa shape index (κ3) is 4.20. The molecule has 2 saturated carbocycles. The third-order valence-corrected chi connectivity index (χ3v) is 10.5. The fourth-order valence-corrected chi connectivity index (χ4v) is 9.16. The quantitative estimate of drug-likeness (QED) is 0.493. The van der Waals surface area contributed by atoms with Gasteiger partial charge in [-0.1, -0.05) is 50.8 Å². The van der Waals surface area contributed by atoms with E-state index in [4.69, 9.17) is 4.98 Å². The second kappa shape index (κ2) is 9.47. The number of piperidine rings is 2. The second-order valence-electron chi connectivity index (χ2n) is 13.0. The number of imidazole rings is 1. The van der Waals surface area contributed by atoms with Gasteiger partial charge in [-0.25, -0.2) is 4.98 Å². The number of rotatable bonds is 5. The van der Waals surface area contributed by atoms with E-state index in [-0.39, 0.29) is 5.76 Å². The summed E-state index contributed by atoms with van der Waals surface area (Å²) in [6.07, 6.45) is 17.2. The Morgan fingerprint density at radius 3 is 2.22 bits per heavy atom. The predicted molar refractivity (Wildman–Crippen MR) is 145 cm³/mol. The van der Waals surface area contributed by atoms with Crippen molar-refractivity contribution < 1.29 is 5.11 Å². The number of para-hydroxylation sites is 2. The van der Waals surface area contributed by atoms with Crippen molar-refractivity contribution in [2.75, 3.05) is 19.6 Å². The molecule has 194 valence electrons. The van der Waals surface area contributed by atoms with E-state index in [9.17, 15) is 5.11 Å². The van der Waals surface area contributed by atoms with E-state index in [1.807, 2.05) is 0 Å². The van der Waals surface area contributed by atoms with E-state index < -0.39 is 0 Å². The standard InChI is InChI=1S/C31H44N4O/c1-21(36)18-33-19-24(20-33)31-32-29-11-4-5-12-30(29)35(31)28-16-25-9-6-10-26(17-28)34(25)27-14-22-7-2-3-8-23(13-22)15-27/h4-5,11-12,22-28,36H,1-3,6-10,13-20H2/t22-,23+,25-,26+,27?,28?. The van der Waals surface area contributed by atoms with Gasteiger partial charge in [0.15, 0.2) is 0 Å². The van der Waals surface area contributed by atoms with Crippen LogP contribution in [0.3, 0.4) is 0 Å². The molecule has 2 unspecified atom stereocenters. The van der Waals surface area contributed by atoms with Crippen LogP contribution in [-0.4, -0.2) is 62.2 Å². The summed E-state index contributed by atoms with van der Waals surface area (Å²) in [4.78, 5) is 10.6. The monoisotopic (exact) mass is 488 g/mol. The molecule has 36 heavy (non-hydrogen) atoms. The minimum Gasteiger partial charge on any atom is -0.512 e. The first-order valence-electron chi connectivity index (χ1n) is 15.0. The summed E-state index contributed by atoms with van der Waals surface area (Å²) < 4.78 is 2.68. The number of aliphatic hydroxyl groups excluding tert-OH is 1. The van der Waals surface area contributed by atoms with Crippen molar-refractivity contribution in [3.05, 3.63) is 42.4 Å². The molecule has 4 bridgehead atoms. The molecule has 6 atom stereocenters. The van der Waals surface area contributed by atoms with E-state index in [2.05, 4.69) is 45.2 Å². The summed E-state index contributed by atoms with van der Waals surface area (Å²) in [5.74, 6) is 4.00. The number of aromatic nitrogens is 2. The molecule has 3 saturated heterocycles. The number of hydrogen-bond acceptors (Lipinski definition) is 4. The van der Waals surface area contributed by atoms with Crippen molar-refractivity contribution in [1.82, 2.24) is 19.4 Å². The van der Waals surface area contributed by atoms with Gasteiger partial charge in [0.2, 0.25) is 0 Å². The molecule has 5 aliphatic rings. The minimum absolute atomic E-state index is 0.268. The molecule has 5 fully saturated rings. The Kier molecular flexibility index (Phi) is 6.12. The van der Waals surface area contributed by atoms with E-state index in [1.54, 1.807) is 0 Å². The highest BCUT2D eigenvalue weighted by atomic mass is 16.3. The molecule has 0 radical (unpaired) electrons. The summed E-state index contributed by atoms with van der Waals surface area (Å²) in [5.41, 5.74) is 2.49. The fraction of sp³-hybridized carbons (Fsp3) is 0.710. The number of likely N-dealkylation sites (tertiary alicyclic amines) is 1. The molecule has 2 aliphatic carbocycles. The van der Waals surface area contributed by atoms with Crippen LogP contribution in [0.4, 0.5) is 0 Å². The van der Waals surface area contributed by atoms with Gasteiger partial charge in [0.05, 0.1) is 23.3 Å². The summed E-state index contributed by atoms with van der Waals surface area (Å²) in [6.45, 7) is 6.22. The lowest BCUT2D eigenvalue weighted by molar-refractivity contribution is -0.0424. The Labute approximate surface area is 216 Å². The van der Waals surface area contributed by atoms with Gasteiger partial charge in [-0.2, -0.15) is 0 Å². The molecule has 5 heteroatoms. The molecule has 1 aromatic heterocycles. The molecule has 7 rings (SSSR count). The lowest BCUT2D eigenvalue weighted by atomic mass is 9.73. The third-order valence-electron chi connectivity index (χ3n) is 10.5. The van der Waals surface area contributed by atoms with Crippen LogP contribution in [0.2, 0.25) is 0 Å². The van der Waals surface area contributed by atoms with Crippen LogP contribution in [0.15, 0.2) is 36.6 Å². The highest BCUT2D eigenvalue weighted by Crippen LogP contribution is 2.48. The first-order valence-corrected chi connectivity index (χ1v) is 15.0. The number of hydrogen-bond donors (Lipinski definition) is 1. The number of aliphatic hydroxyl groups is 1.